The summed E-state index contributed by atoms with van der Waals surface area (Å²) in [6.45, 7) is 0.504. The van der Waals surface area contributed by atoms with Gasteiger partial charge >= 0.3 is 0 Å². The standard InChI is InChI=1S/C26H20F2N6O4/c27-10-6-31-34-13(24(37)30-8-25-16-19-17(25)21-18(25)20(16)26(19,21)28)4-12(33-22(10)34)23(36)29-5-9-1-2-14-11(3-9)32-15(35)7-38-14/h1-4,6,16-21H,5,7-8H2,(H,29,36)(H,30,37)(H,32,35). The molecule has 12 heteroatoms. The van der Waals surface area contributed by atoms with Crippen molar-refractivity contribution in [1.82, 2.24) is 25.2 Å². The molecule has 3 heterocycles. The first-order valence-corrected chi connectivity index (χ1v) is 12.7. The highest BCUT2D eigenvalue weighted by atomic mass is 19.1. The highest BCUT2D eigenvalue weighted by Crippen LogP contribution is 3.07. The normalized spacial score (nSPS) is 37.2. The summed E-state index contributed by atoms with van der Waals surface area (Å²) in [5, 5.41) is 12.3. The van der Waals surface area contributed by atoms with Gasteiger partial charge in [-0.2, -0.15) is 5.10 Å². The number of aromatic nitrogens is 3. The molecule has 6 aliphatic carbocycles. The third kappa shape index (κ3) is 2.05. The minimum absolute atomic E-state index is 0.00318. The third-order valence-electron chi connectivity index (χ3n) is 10.3. The van der Waals surface area contributed by atoms with Gasteiger partial charge in [0, 0.05) is 36.9 Å². The summed E-state index contributed by atoms with van der Waals surface area (Å²) in [5.74, 6) is 0.173. The van der Waals surface area contributed by atoms with Gasteiger partial charge < -0.3 is 20.7 Å². The number of carbonyl (C=O) groups excluding carboxylic acids is 3. The lowest BCUT2D eigenvalue weighted by Crippen LogP contribution is -3.12. The molecule has 1 aromatic carbocycles. The van der Waals surface area contributed by atoms with Crippen molar-refractivity contribution in [3.05, 3.63) is 53.2 Å². The van der Waals surface area contributed by atoms with Crippen LogP contribution in [0.3, 0.4) is 0 Å². The van der Waals surface area contributed by atoms with Gasteiger partial charge in [0.1, 0.15) is 22.8 Å². The van der Waals surface area contributed by atoms with Crippen molar-refractivity contribution in [2.24, 2.45) is 40.9 Å². The molecule has 192 valence electrons. The van der Waals surface area contributed by atoms with E-state index in [2.05, 4.69) is 26.0 Å². The van der Waals surface area contributed by atoms with E-state index in [1.165, 1.54) is 6.07 Å². The quantitative estimate of drug-likeness (QED) is 0.452. The number of nitrogens with zero attached hydrogens (tertiary/aromatic N) is 3. The summed E-state index contributed by atoms with van der Waals surface area (Å²) in [4.78, 5) is 41.8. The van der Waals surface area contributed by atoms with Gasteiger partial charge in [-0.05, 0) is 40.9 Å². The number of alkyl halides is 1. The summed E-state index contributed by atoms with van der Waals surface area (Å²) in [6.07, 6.45) is 0.948. The molecule has 0 unspecified atom stereocenters. The van der Waals surface area contributed by atoms with E-state index < -0.39 is 23.3 Å². The van der Waals surface area contributed by atoms with Crippen LogP contribution >= 0.6 is 0 Å². The van der Waals surface area contributed by atoms with Crippen LogP contribution in [-0.4, -0.2) is 51.1 Å². The van der Waals surface area contributed by atoms with Crippen molar-refractivity contribution in [1.29, 1.82) is 0 Å². The summed E-state index contributed by atoms with van der Waals surface area (Å²) >= 11 is 0. The van der Waals surface area contributed by atoms with Crippen LogP contribution in [0.15, 0.2) is 30.5 Å². The lowest BCUT2D eigenvalue weighted by molar-refractivity contribution is -0.645. The Morgan fingerprint density at radius 3 is 2.63 bits per heavy atom. The summed E-state index contributed by atoms with van der Waals surface area (Å²) < 4.78 is 35.5. The number of ether oxygens (including phenoxy) is 1. The van der Waals surface area contributed by atoms with Gasteiger partial charge in [0.05, 0.1) is 11.9 Å². The van der Waals surface area contributed by atoms with Gasteiger partial charge in [-0.15, -0.1) is 0 Å². The molecule has 3 N–H and O–H groups in total. The maximum absolute atomic E-state index is 14.6. The second-order valence-corrected chi connectivity index (χ2v) is 11.4. The largest absolute Gasteiger partial charge is 0.482 e. The van der Waals surface area contributed by atoms with Crippen molar-refractivity contribution < 1.29 is 27.9 Å². The van der Waals surface area contributed by atoms with Crippen molar-refractivity contribution in [2.45, 2.75) is 12.2 Å². The van der Waals surface area contributed by atoms with Gasteiger partial charge in [0.25, 0.3) is 17.7 Å². The Balaban J connectivity index is 0.935. The average Bonchev–Trinajstić information content (AvgIpc) is 3.31. The molecule has 10 rings (SSSR count). The first-order valence-electron chi connectivity index (χ1n) is 12.7. The van der Waals surface area contributed by atoms with Crippen LogP contribution in [0.4, 0.5) is 14.5 Å². The fourth-order valence-electron chi connectivity index (χ4n) is 9.02. The maximum atomic E-state index is 14.6. The second-order valence-electron chi connectivity index (χ2n) is 11.4. The number of nitrogens with one attached hydrogen (secondary N) is 3. The number of hydrogen-bond acceptors (Lipinski definition) is 6. The van der Waals surface area contributed by atoms with E-state index in [1.54, 1.807) is 18.2 Å². The summed E-state index contributed by atoms with van der Waals surface area (Å²) in [7, 11) is 0. The highest BCUT2D eigenvalue weighted by Gasteiger charge is 3.10. The van der Waals surface area contributed by atoms with Crippen LogP contribution in [0.1, 0.15) is 26.5 Å². The topological polar surface area (TPSA) is 127 Å². The minimum atomic E-state index is -0.890. The number of benzene rings is 1. The molecule has 3 aromatic rings. The van der Waals surface area contributed by atoms with Crippen molar-refractivity contribution in [3.8, 4) is 5.75 Å². The first kappa shape index (κ1) is 20.9. The molecule has 1 aliphatic heterocycles. The van der Waals surface area contributed by atoms with Gasteiger partial charge in [-0.3, -0.25) is 14.4 Å². The molecule has 0 spiro atoms. The van der Waals surface area contributed by atoms with Crippen LogP contribution in [0.5, 0.6) is 5.75 Å². The molecule has 0 radical (unpaired) electrons. The molecule has 0 saturated heterocycles. The predicted molar refractivity (Wildman–Crippen MR) is 124 cm³/mol. The third-order valence-corrected chi connectivity index (χ3v) is 10.3. The Kier molecular flexibility index (Phi) is 3.47. The van der Waals surface area contributed by atoms with E-state index in [-0.39, 0.29) is 59.3 Å². The zero-order valence-corrected chi connectivity index (χ0v) is 19.7. The van der Waals surface area contributed by atoms with Crippen molar-refractivity contribution in [2.75, 3.05) is 18.5 Å². The number of rotatable bonds is 6. The molecule has 0 bridgehead atoms. The zero-order chi connectivity index (χ0) is 25.7. The van der Waals surface area contributed by atoms with Crippen LogP contribution in [-0.2, 0) is 11.3 Å². The number of hydrogen-bond donors (Lipinski definition) is 3. The Labute approximate surface area is 213 Å². The van der Waals surface area contributed by atoms with Crippen LogP contribution in [0.2, 0.25) is 0 Å². The number of amides is 3. The first-order chi connectivity index (χ1) is 18.3. The SMILES string of the molecule is O=C1COc2ccc(CNC(=O)c3cc(C(=O)NCC45C6C7C4C4C5C6C74F)n4ncc(F)c4n3)cc2N1. The van der Waals surface area contributed by atoms with Gasteiger partial charge in [-0.25, -0.2) is 18.3 Å². The van der Waals surface area contributed by atoms with E-state index in [0.717, 1.165) is 10.7 Å². The van der Waals surface area contributed by atoms with E-state index in [1.807, 2.05) is 0 Å². The molecular formula is C26H20F2N6O4. The smallest absolute Gasteiger partial charge is 0.270 e. The Morgan fingerprint density at radius 1 is 1.11 bits per heavy atom. The predicted octanol–water partition coefficient (Wildman–Crippen LogP) is 1.32. The fourth-order valence-corrected chi connectivity index (χ4v) is 9.02. The average molecular weight is 518 g/mol. The van der Waals surface area contributed by atoms with Crippen LogP contribution in [0.25, 0.3) is 5.65 Å². The molecule has 10 nitrogen and oxygen atoms in total. The summed E-state index contributed by atoms with van der Waals surface area (Å²) in [5.41, 5.74) is -0.0219. The van der Waals surface area contributed by atoms with E-state index in [9.17, 15) is 23.2 Å². The zero-order valence-electron chi connectivity index (χ0n) is 19.7. The number of fused-ring (bicyclic) bond motifs is 2. The van der Waals surface area contributed by atoms with E-state index >= 15 is 0 Å². The fraction of sp³-hybridized carbons (Fsp3) is 0.423. The molecular weight excluding hydrogens is 498 g/mol. The number of halogens is 2. The lowest BCUT2D eigenvalue weighted by Gasteiger charge is -3.09. The van der Waals surface area contributed by atoms with E-state index in [0.29, 0.717) is 41.3 Å². The van der Waals surface area contributed by atoms with Gasteiger partial charge in [0.15, 0.2) is 18.1 Å². The maximum Gasteiger partial charge on any atom is 0.270 e. The highest BCUT2D eigenvalue weighted by molar-refractivity contribution is 5.98. The number of carbonyl (C=O) groups is 3. The Morgan fingerprint density at radius 2 is 1.87 bits per heavy atom. The minimum Gasteiger partial charge on any atom is -0.482 e. The van der Waals surface area contributed by atoms with Crippen LogP contribution in [0, 0.1) is 46.7 Å². The monoisotopic (exact) mass is 518 g/mol. The van der Waals surface area contributed by atoms with Crippen LogP contribution < -0.4 is 20.7 Å². The molecule has 6 fully saturated rings. The summed E-state index contributed by atoms with van der Waals surface area (Å²) in [6, 6.07) is 6.42. The lowest BCUT2D eigenvalue weighted by atomic mass is 8.95. The van der Waals surface area contributed by atoms with Crippen molar-refractivity contribution in [3.63, 3.8) is 0 Å². The number of anilines is 1. The molecule has 3 amide bonds. The van der Waals surface area contributed by atoms with Crippen molar-refractivity contribution >= 4 is 29.1 Å². The van der Waals surface area contributed by atoms with Gasteiger partial charge in [-0.1, -0.05) is 6.07 Å². The molecule has 0 atom stereocenters. The van der Waals surface area contributed by atoms with Gasteiger partial charge in [0.2, 0.25) is 0 Å². The molecule has 7 aliphatic rings. The Hall–Kier alpha value is -4.09. The second kappa shape index (κ2) is 6.30. The molecule has 2 aromatic heterocycles. The molecule has 38 heavy (non-hydrogen) atoms. The Bertz CT molecular complexity index is 1620. The molecule has 6 saturated carbocycles. The van der Waals surface area contributed by atoms with E-state index in [4.69, 9.17) is 4.74 Å².